The summed E-state index contributed by atoms with van der Waals surface area (Å²) in [6.07, 6.45) is 2.84. The molecule has 1 aliphatic rings. The van der Waals surface area contributed by atoms with Gasteiger partial charge in [0.1, 0.15) is 5.76 Å². The number of carbonyl (C=O) groups excluding carboxylic acids is 1. The third kappa shape index (κ3) is 3.20. The summed E-state index contributed by atoms with van der Waals surface area (Å²) in [6, 6.07) is 10.2. The number of rotatable bonds is 4. The number of carbonyl (C=O) groups is 1. The van der Waals surface area contributed by atoms with Crippen molar-refractivity contribution in [3.8, 4) is 0 Å². The molecule has 22 heavy (non-hydrogen) atoms. The minimum absolute atomic E-state index is 0.0251. The first-order valence-electron chi connectivity index (χ1n) is 7.65. The van der Waals surface area contributed by atoms with Crippen molar-refractivity contribution in [2.45, 2.75) is 25.9 Å². The molecule has 1 aromatic heterocycles. The predicted octanol–water partition coefficient (Wildman–Crippen LogP) is 2.32. The fourth-order valence-electron chi connectivity index (χ4n) is 2.75. The highest BCUT2D eigenvalue weighted by Crippen LogP contribution is 2.16. The van der Waals surface area contributed by atoms with Crippen LogP contribution in [0.3, 0.4) is 0 Å². The smallest absolute Gasteiger partial charge is 0.276 e. The van der Waals surface area contributed by atoms with E-state index in [0.29, 0.717) is 37.6 Å². The molecule has 1 amide bonds. The van der Waals surface area contributed by atoms with Crippen LogP contribution in [0.25, 0.3) is 0 Å². The van der Waals surface area contributed by atoms with E-state index in [1.165, 1.54) is 12.0 Å². The molecule has 116 valence electrons. The summed E-state index contributed by atoms with van der Waals surface area (Å²) in [5, 5.41) is 0. The third-order valence-electron chi connectivity index (χ3n) is 3.90. The first kappa shape index (κ1) is 14.8. The van der Waals surface area contributed by atoms with Gasteiger partial charge in [0.05, 0.1) is 12.7 Å². The maximum absolute atomic E-state index is 12.6. The fourth-order valence-corrected chi connectivity index (χ4v) is 2.75. The van der Waals surface area contributed by atoms with Crippen LogP contribution >= 0.6 is 0 Å². The number of hydrogen-bond donors (Lipinski definition) is 0. The molecule has 1 aliphatic heterocycles. The van der Waals surface area contributed by atoms with Gasteiger partial charge >= 0.3 is 0 Å². The van der Waals surface area contributed by atoms with E-state index in [0.717, 1.165) is 6.42 Å². The number of amides is 1. The largest absolute Gasteiger partial charge is 0.448 e. The van der Waals surface area contributed by atoms with Crippen molar-refractivity contribution in [2.75, 3.05) is 19.7 Å². The maximum atomic E-state index is 12.6. The summed E-state index contributed by atoms with van der Waals surface area (Å²) in [5.74, 6) is 0.586. The van der Waals surface area contributed by atoms with Crippen molar-refractivity contribution in [1.82, 2.24) is 9.88 Å². The summed E-state index contributed by atoms with van der Waals surface area (Å²) in [4.78, 5) is 18.5. The highest BCUT2D eigenvalue weighted by molar-refractivity contribution is 5.93. The van der Waals surface area contributed by atoms with Crippen molar-refractivity contribution < 1.29 is 13.9 Å². The number of aromatic nitrogens is 1. The molecule has 1 fully saturated rings. The second-order valence-electron chi connectivity index (χ2n) is 5.41. The minimum atomic E-state index is -0.0630. The monoisotopic (exact) mass is 300 g/mol. The van der Waals surface area contributed by atoms with Gasteiger partial charge in [0, 0.05) is 25.9 Å². The van der Waals surface area contributed by atoms with Crippen molar-refractivity contribution in [3.63, 3.8) is 0 Å². The zero-order valence-electron chi connectivity index (χ0n) is 12.7. The Morgan fingerprint density at radius 3 is 2.95 bits per heavy atom. The second-order valence-corrected chi connectivity index (χ2v) is 5.41. The normalized spacial score (nSPS) is 18.4. The molecular formula is C17H20N2O3. The number of hydrogen-bond acceptors (Lipinski definition) is 4. The number of aryl methyl sites for hydroxylation is 1. The first-order valence-corrected chi connectivity index (χ1v) is 7.65. The van der Waals surface area contributed by atoms with Gasteiger partial charge in [-0.15, -0.1) is 0 Å². The molecule has 1 aromatic carbocycles. The quantitative estimate of drug-likeness (QED) is 0.869. The molecule has 0 bridgehead atoms. The van der Waals surface area contributed by atoms with E-state index >= 15 is 0 Å². The van der Waals surface area contributed by atoms with Crippen LogP contribution in [-0.2, 0) is 17.6 Å². The summed E-state index contributed by atoms with van der Waals surface area (Å²) in [7, 11) is 0. The second kappa shape index (κ2) is 6.75. The van der Waals surface area contributed by atoms with E-state index in [1.807, 2.05) is 30.0 Å². The number of ether oxygens (including phenoxy) is 1. The van der Waals surface area contributed by atoms with E-state index in [1.54, 1.807) is 0 Å². The Morgan fingerprint density at radius 2 is 2.18 bits per heavy atom. The Morgan fingerprint density at radius 1 is 1.36 bits per heavy atom. The van der Waals surface area contributed by atoms with Gasteiger partial charge in [0.2, 0.25) is 0 Å². The topological polar surface area (TPSA) is 55.6 Å². The summed E-state index contributed by atoms with van der Waals surface area (Å²) in [5.41, 5.74) is 1.65. The van der Waals surface area contributed by atoms with Crippen molar-refractivity contribution in [3.05, 3.63) is 53.7 Å². The van der Waals surface area contributed by atoms with Gasteiger partial charge in [-0.1, -0.05) is 37.3 Å². The number of nitrogens with zero attached hydrogens (tertiary/aromatic N) is 2. The molecule has 2 heterocycles. The lowest BCUT2D eigenvalue weighted by atomic mass is 10.1. The van der Waals surface area contributed by atoms with Gasteiger partial charge in [0.15, 0.2) is 12.1 Å². The molecule has 5 nitrogen and oxygen atoms in total. The van der Waals surface area contributed by atoms with Crippen molar-refractivity contribution in [2.24, 2.45) is 0 Å². The minimum Gasteiger partial charge on any atom is -0.448 e. The third-order valence-corrected chi connectivity index (χ3v) is 3.90. The number of oxazole rings is 1. The molecule has 5 heteroatoms. The lowest BCUT2D eigenvalue weighted by molar-refractivity contribution is -0.0210. The summed E-state index contributed by atoms with van der Waals surface area (Å²) in [6.45, 7) is 3.70. The van der Waals surface area contributed by atoms with Gasteiger partial charge < -0.3 is 14.1 Å². The van der Waals surface area contributed by atoms with Gasteiger partial charge in [-0.3, -0.25) is 4.79 Å². The summed E-state index contributed by atoms with van der Waals surface area (Å²) >= 11 is 0. The van der Waals surface area contributed by atoms with E-state index in [4.69, 9.17) is 9.15 Å². The standard InChI is InChI=1S/C17H20N2O3/c1-2-15-16(18-12-22-15)17(20)19-8-9-21-14(11-19)10-13-6-4-3-5-7-13/h3-7,12,14H,2,8-11H2,1H3. The summed E-state index contributed by atoms with van der Waals surface area (Å²) < 4.78 is 11.1. The molecule has 1 atom stereocenters. The molecule has 2 aromatic rings. The van der Waals surface area contributed by atoms with E-state index in [2.05, 4.69) is 17.1 Å². The maximum Gasteiger partial charge on any atom is 0.276 e. The Kier molecular flexibility index (Phi) is 4.53. The number of benzene rings is 1. The molecule has 1 unspecified atom stereocenters. The van der Waals surface area contributed by atoms with Crippen LogP contribution in [0.5, 0.6) is 0 Å². The average Bonchev–Trinajstić information content (AvgIpc) is 3.04. The van der Waals surface area contributed by atoms with Gasteiger partial charge in [-0.2, -0.15) is 0 Å². The Labute approximate surface area is 129 Å². The van der Waals surface area contributed by atoms with Crippen LogP contribution in [0.15, 0.2) is 41.1 Å². The van der Waals surface area contributed by atoms with Crippen LogP contribution in [0.1, 0.15) is 28.7 Å². The predicted molar refractivity (Wildman–Crippen MR) is 81.7 cm³/mol. The van der Waals surface area contributed by atoms with Gasteiger partial charge in [-0.25, -0.2) is 4.98 Å². The SMILES string of the molecule is CCc1ocnc1C(=O)N1CCOC(Cc2ccccc2)C1. The molecule has 0 saturated carbocycles. The lowest BCUT2D eigenvalue weighted by Crippen LogP contribution is -2.46. The Hall–Kier alpha value is -2.14. The molecule has 0 aliphatic carbocycles. The zero-order chi connectivity index (χ0) is 15.4. The zero-order valence-corrected chi connectivity index (χ0v) is 12.7. The molecule has 0 spiro atoms. The highest BCUT2D eigenvalue weighted by atomic mass is 16.5. The van der Waals surface area contributed by atoms with Crippen LogP contribution in [0, 0.1) is 0 Å². The van der Waals surface area contributed by atoms with Crippen molar-refractivity contribution >= 4 is 5.91 Å². The Balaban J connectivity index is 1.66. The number of morpholine rings is 1. The fraction of sp³-hybridized carbons (Fsp3) is 0.412. The highest BCUT2D eigenvalue weighted by Gasteiger charge is 2.28. The van der Waals surface area contributed by atoms with Crippen LogP contribution in [0.2, 0.25) is 0 Å². The van der Waals surface area contributed by atoms with Crippen LogP contribution in [-0.4, -0.2) is 41.6 Å². The van der Waals surface area contributed by atoms with Gasteiger partial charge in [-0.05, 0) is 5.56 Å². The van der Waals surface area contributed by atoms with Crippen molar-refractivity contribution in [1.29, 1.82) is 0 Å². The molecule has 3 rings (SSSR count). The van der Waals surface area contributed by atoms with Gasteiger partial charge in [0.25, 0.3) is 5.91 Å². The Bertz CT molecular complexity index is 624. The molecule has 0 N–H and O–H groups in total. The van der Waals surface area contributed by atoms with Crippen LogP contribution < -0.4 is 0 Å². The van der Waals surface area contributed by atoms with Crippen LogP contribution in [0.4, 0.5) is 0 Å². The molecular weight excluding hydrogens is 280 g/mol. The molecule has 0 radical (unpaired) electrons. The van der Waals surface area contributed by atoms with E-state index < -0.39 is 0 Å². The molecule has 1 saturated heterocycles. The van der Waals surface area contributed by atoms with E-state index in [9.17, 15) is 4.79 Å². The average molecular weight is 300 g/mol. The van der Waals surface area contributed by atoms with E-state index in [-0.39, 0.29) is 12.0 Å². The first-order chi connectivity index (χ1) is 10.8. The lowest BCUT2D eigenvalue weighted by Gasteiger charge is -2.32.